The quantitative estimate of drug-likeness (QED) is 0.727. The fourth-order valence-electron chi connectivity index (χ4n) is 3.23. The second kappa shape index (κ2) is 6.35. The third-order valence-corrected chi connectivity index (χ3v) is 4.15. The highest BCUT2D eigenvalue weighted by Crippen LogP contribution is 2.31. The Morgan fingerprint density at radius 1 is 0.875 bits per heavy atom. The maximum Gasteiger partial charge on any atom is 0.307 e. The van der Waals surface area contributed by atoms with Gasteiger partial charge >= 0.3 is 11.9 Å². The highest BCUT2D eigenvalue weighted by Gasteiger charge is 2.13. The summed E-state index contributed by atoms with van der Waals surface area (Å²) in [6.07, 6.45) is 0.934. The number of carboxylic acids is 2. The van der Waals surface area contributed by atoms with Crippen molar-refractivity contribution in [3.8, 4) is 0 Å². The van der Waals surface area contributed by atoms with Gasteiger partial charge in [-0.1, -0.05) is 19.1 Å². The standard InChI is InChI=1S/C19H19NO4/c1-2-7-20-16-5-3-12(10-18(21)22)8-14(16)15-9-13(11-19(23)24)4-6-17(15)20/h3-6,8-9H,2,7,10-11H2,1H3,(H,21,22)(H,23,24). The maximum absolute atomic E-state index is 11.0. The van der Waals surface area contributed by atoms with Crippen LogP contribution in [-0.2, 0) is 29.0 Å². The first-order valence-corrected chi connectivity index (χ1v) is 7.97. The lowest BCUT2D eigenvalue weighted by Crippen LogP contribution is -2.00. The van der Waals surface area contributed by atoms with Crippen molar-refractivity contribution in [2.45, 2.75) is 32.7 Å². The van der Waals surface area contributed by atoms with Crippen molar-refractivity contribution in [3.05, 3.63) is 47.5 Å². The summed E-state index contributed by atoms with van der Waals surface area (Å²) in [5.74, 6) is -1.73. The average molecular weight is 325 g/mol. The van der Waals surface area contributed by atoms with Gasteiger partial charge < -0.3 is 14.8 Å². The first kappa shape index (κ1) is 16.1. The minimum Gasteiger partial charge on any atom is -0.481 e. The average Bonchev–Trinajstić information content (AvgIpc) is 2.80. The molecule has 2 N–H and O–H groups in total. The molecule has 0 unspecified atom stereocenters. The zero-order chi connectivity index (χ0) is 17.3. The van der Waals surface area contributed by atoms with E-state index < -0.39 is 11.9 Å². The Balaban J connectivity index is 2.25. The molecular weight excluding hydrogens is 306 g/mol. The summed E-state index contributed by atoms with van der Waals surface area (Å²) >= 11 is 0. The van der Waals surface area contributed by atoms with Crippen molar-refractivity contribution in [2.75, 3.05) is 0 Å². The highest BCUT2D eigenvalue weighted by molar-refractivity contribution is 6.08. The molecule has 1 heterocycles. The molecule has 0 spiro atoms. The molecule has 1 aromatic heterocycles. The summed E-state index contributed by atoms with van der Waals surface area (Å²) in [6, 6.07) is 11.4. The van der Waals surface area contributed by atoms with Gasteiger partial charge in [-0.3, -0.25) is 9.59 Å². The van der Waals surface area contributed by atoms with E-state index >= 15 is 0 Å². The molecule has 124 valence electrons. The van der Waals surface area contributed by atoms with E-state index in [2.05, 4.69) is 11.5 Å². The smallest absolute Gasteiger partial charge is 0.307 e. The fraction of sp³-hybridized carbons (Fsp3) is 0.263. The van der Waals surface area contributed by atoms with E-state index in [1.807, 2.05) is 36.4 Å². The summed E-state index contributed by atoms with van der Waals surface area (Å²) in [4.78, 5) is 22.0. The van der Waals surface area contributed by atoms with Crippen molar-refractivity contribution >= 4 is 33.7 Å². The molecule has 0 saturated carbocycles. The number of carboxylic acid groups (broad SMARTS) is 2. The fourth-order valence-corrected chi connectivity index (χ4v) is 3.23. The van der Waals surface area contributed by atoms with Gasteiger partial charge in [-0.25, -0.2) is 0 Å². The number of hydrogen-bond donors (Lipinski definition) is 2. The van der Waals surface area contributed by atoms with Crippen LogP contribution in [0.25, 0.3) is 21.8 Å². The van der Waals surface area contributed by atoms with Crippen LogP contribution in [0.2, 0.25) is 0 Å². The van der Waals surface area contributed by atoms with Gasteiger partial charge in [0.05, 0.1) is 12.8 Å². The van der Waals surface area contributed by atoms with Gasteiger partial charge in [-0.05, 0) is 41.8 Å². The maximum atomic E-state index is 11.0. The number of carbonyl (C=O) groups is 2. The van der Waals surface area contributed by atoms with E-state index in [9.17, 15) is 9.59 Å². The minimum absolute atomic E-state index is 0.0226. The lowest BCUT2D eigenvalue weighted by molar-refractivity contribution is -0.137. The number of aliphatic carboxylic acids is 2. The second-order valence-electron chi connectivity index (χ2n) is 6.00. The Hall–Kier alpha value is -2.82. The van der Waals surface area contributed by atoms with Crippen LogP contribution in [0.15, 0.2) is 36.4 Å². The second-order valence-corrected chi connectivity index (χ2v) is 6.00. The van der Waals surface area contributed by atoms with Crippen LogP contribution in [0, 0.1) is 0 Å². The molecule has 0 bridgehead atoms. The van der Waals surface area contributed by atoms with Gasteiger partial charge in [0, 0.05) is 28.4 Å². The van der Waals surface area contributed by atoms with Gasteiger partial charge in [0.2, 0.25) is 0 Å². The SMILES string of the molecule is CCCn1c2ccc(CC(=O)O)cc2c2cc(CC(=O)O)ccc21. The zero-order valence-corrected chi connectivity index (χ0v) is 13.5. The third kappa shape index (κ3) is 2.97. The summed E-state index contributed by atoms with van der Waals surface area (Å²) < 4.78 is 2.21. The molecule has 24 heavy (non-hydrogen) atoms. The molecule has 0 aliphatic rings. The van der Waals surface area contributed by atoms with Crippen molar-refractivity contribution in [1.29, 1.82) is 0 Å². The van der Waals surface area contributed by atoms with Gasteiger partial charge in [-0.15, -0.1) is 0 Å². The molecule has 5 heteroatoms. The van der Waals surface area contributed by atoms with Crippen LogP contribution in [0.4, 0.5) is 0 Å². The van der Waals surface area contributed by atoms with Crippen LogP contribution in [0.5, 0.6) is 0 Å². The van der Waals surface area contributed by atoms with Crippen LogP contribution >= 0.6 is 0 Å². The van der Waals surface area contributed by atoms with E-state index in [4.69, 9.17) is 10.2 Å². The van der Waals surface area contributed by atoms with Crippen molar-refractivity contribution in [2.24, 2.45) is 0 Å². The molecule has 0 saturated heterocycles. The molecule has 3 rings (SSSR count). The topological polar surface area (TPSA) is 79.5 Å². The first-order chi connectivity index (χ1) is 11.5. The molecule has 0 aliphatic carbocycles. The van der Waals surface area contributed by atoms with E-state index in [1.54, 1.807) is 0 Å². The molecule has 0 radical (unpaired) electrons. The third-order valence-electron chi connectivity index (χ3n) is 4.15. The van der Waals surface area contributed by atoms with Crippen molar-refractivity contribution < 1.29 is 19.8 Å². The number of hydrogen-bond acceptors (Lipinski definition) is 2. The number of nitrogens with zero attached hydrogens (tertiary/aromatic N) is 1. The van der Waals surface area contributed by atoms with E-state index in [0.717, 1.165) is 45.9 Å². The summed E-state index contributed by atoms with van der Waals surface area (Å²) in [5.41, 5.74) is 3.59. The number of benzene rings is 2. The van der Waals surface area contributed by atoms with Gasteiger partial charge in [0.15, 0.2) is 0 Å². The Bertz CT molecular complexity index is 866. The molecule has 0 fully saturated rings. The van der Waals surface area contributed by atoms with Crippen molar-refractivity contribution in [1.82, 2.24) is 4.57 Å². The van der Waals surface area contributed by atoms with E-state index in [-0.39, 0.29) is 12.8 Å². The number of rotatable bonds is 6. The number of aromatic nitrogens is 1. The van der Waals surface area contributed by atoms with Crippen LogP contribution in [0.3, 0.4) is 0 Å². The van der Waals surface area contributed by atoms with Crippen LogP contribution in [0.1, 0.15) is 24.5 Å². The lowest BCUT2D eigenvalue weighted by atomic mass is 10.0. The molecule has 0 aliphatic heterocycles. The Morgan fingerprint density at radius 3 is 1.71 bits per heavy atom. The highest BCUT2D eigenvalue weighted by atomic mass is 16.4. The van der Waals surface area contributed by atoms with E-state index in [0.29, 0.717) is 0 Å². The summed E-state index contributed by atoms with van der Waals surface area (Å²) in [7, 11) is 0. The molecule has 0 atom stereocenters. The van der Waals surface area contributed by atoms with Crippen LogP contribution in [-0.4, -0.2) is 26.7 Å². The van der Waals surface area contributed by atoms with Crippen molar-refractivity contribution in [3.63, 3.8) is 0 Å². The lowest BCUT2D eigenvalue weighted by Gasteiger charge is -2.06. The number of fused-ring (bicyclic) bond motifs is 3. The van der Waals surface area contributed by atoms with Gasteiger partial charge in [0.1, 0.15) is 0 Å². The molecule has 2 aromatic carbocycles. The predicted octanol–water partition coefficient (Wildman–Crippen LogP) is 3.46. The normalized spacial score (nSPS) is 11.2. The number of aryl methyl sites for hydroxylation is 1. The molecular formula is C19H19NO4. The summed E-state index contributed by atoms with van der Waals surface area (Å²) in [5, 5.41) is 20.0. The minimum atomic E-state index is -0.863. The molecule has 3 aromatic rings. The van der Waals surface area contributed by atoms with Gasteiger partial charge in [0.25, 0.3) is 0 Å². The van der Waals surface area contributed by atoms with Crippen LogP contribution < -0.4 is 0 Å². The van der Waals surface area contributed by atoms with E-state index in [1.165, 1.54) is 0 Å². The molecule has 0 amide bonds. The van der Waals surface area contributed by atoms with Gasteiger partial charge in [-0.2, -0.15) is 0 Å². The Kier molecular flexibility index (Phi) is 4.25. The summed E-state index contributed by atoms with van der Waals surface area (Å²) in [6.45, 7) is 2.96. The monoisotopic (exact) mass is 325 g/mol. The molecule has 5 nitrogen and oxygen atoms in total. The Morgan fingerprint density at radius 2 is 1.33 bits per heavy atom. The largest absolute Gasteiger partial charge is 0.481 e. The predicted molar refractivity (Wildman–Crippen MR) is 92.4 cm³/mol. The Labute approximate surface area is 139 Å². The zero-order valence-electron chi connectivity index (χ0n) is 13.5. The first-order valence-electron chi connectivity index (χ1n) is 7.97.